The summed E-state index contributed by atoms with van der Waals surface area (Å²) in [4.78, 5) is 14.4. The first kappa shape index (κ1) is 15.1. The molecule has 110 valence electrons. The highest BCUT2D eigenvalue weighted by Crippen LogP contribution is 2.20. The van der Waals surface area contributed by atoms with Gasteiger partial charge in [0.25, 0.3) is 5.91 Å². The van der Waals surface area contributed by atoms with Gasteiger partial charge in [0.05, 0.1) is 0 Å². The fourth-order valence-corrected chi connectivity index (χ4v) is 2.32. The second-order valence-electron chi connectivity index (χ2n) is 5.65. The Morgan fingerprint density at radius 1 is 0.905 bits per heavy atom. The van der Waals surface area contributed by atoms with Gasteiger partial charge in [-0.2, -0.15) is 0 Å². The number of nitrogens with one attached hydrogen (secondary N) is 1. The number of aryl methyl sites for hydroxylation is 3. The maximum absolute atomic E-state index is 12.3. The van der Waals surface area contributed by atoms with Crippen LogP contribution < -0.4 is 10.2 Å². The monoisotopic (exact) mass is 282 g/mol. The maximum atomic E-state index is 12.3. The summed E-state index contributed by atoms with van der Waals surface area (Å²) in [6.07, 6.45) is 0. The average molecular weight is 282 g/mol. The van der Waals surface area contributed by atoms with Crippen molar-refractivity contribution in [1.82, 2.24) is 0 Å². The van der Waals surface area contributed by atoms with E-state index in [1.807, 2.05) is 69.2 Å². The molecule has 2 aromatic rings. The highest BCUT2D eigenvalue weighted by atomic mass is 16.1. The van der Waals surface area contributed by atoms with Crippen LogP contribution in [0.4, 0.5) is 11.4 Å². The summed E-state index contributed by atoms with van der Waals surface area (Å²) < 4.78 is 0. The molecule has 0 aliphatic rings. The molecule has 0 bridgehead atoms. The highest BCUT2D eigenvalue weighted by molar-refractivity contribution is 6.04. The molecule has 2 rings (SSSR count). The molecule has 1 N–H and O–H groups in total. The average Bonchev–Trinajstić information content (AvgIpc) is 2.42. The smallest absolute Gasteiger partial charge is 0.255 e. The van der Waals surface area contributed by atoms with Gasteiger partial charge in [-0.05, 0) is 67.8 Å². The van der Waals surface area contributed by atoms with E-state index in [4.69, 9.17) is 0 Å². The normalized spacial score (nSPS) is 10.3. The van der Waals surface area contributed by atoms with Crippen LogP contribution in [0.15, 0.2) is 36.4 Å². The van der Waals surface area contributed by atoms with Gasteiger partial charge in [-0.3, -0.25) is 4.79 Å². The van der Waals surface area contributed by atoms with Gasteiger partial charge < -0.3 is 10.2 Å². The molecule has 0 fully saturated rings. The van der Waals surface area contributed by atoms with Crippen LogP contribution >= 0.6 is 0 Å². The first-order chi connectivity index (χ1) is 9.88. The molecule has 0 atom stereocenters. The Kier molecular flexibility index (Phi) is 4.32. The molecular weight excluding hydrogens is 260 g/mol. The van der Waals surface area contributed by atoms with Crippen LogP contribution in [-0.4, -0.2) is 20.0 Å². The minimum atomic E-state index is -0.0772. The highest BCUT2D eigenvalue weighted by Gasteiger charge is 2.09. The summed E-state index contributed by atoms with van der Waals surface area (Å²) >= 11 is 0. The molecule has 0 heterocycles. The van der Waals surface area contributed by atoms with Crippen molar-refractivity contribution in [1.29, 1.82) is 0 Å². The number of amides is 1. The van der Waals surface area contributed by atoms with Gasteiger partial charge in [0.15, 0.2) is 0 Å². The van der Waals surface area contributed by atoms with Crippen LogP contribution in [0.3, 0.4) is 0 Å². The minimum Gasteiger partial charge on any atom is -0.377 e. The van der Waals surface area contributed by atoms with Crippen molar-refractivity contribution in [3.8, 4) is 0 Å². The van der Waals surface area contributed by atoms with E-state index >= 15 is 0 Å². The zero-order valence-corrected chi connectivity index (χ0v) is 13.3. The Hall–Kier alpha value is -2.29. The molecule has 0 unspecified atom stereocenters. The molecule has 3 nitrogen and oxygen atoms in total. The van der Waals surface area contributed by atoms with E-state index < -0.39 is 0 Å². The quantitative estimate of drug-likeness (QED) is 0.925. The van der Waals surface area contributed by atoms with E-state index in [-0.39, 0.29) is 5.91 Å². The van der Waals surface area contributed by atoms with Gasteiger partial charge >= 0.3 is 0 Å². The van der Waals surface area contributed by atoms with Gasteiger partial charge in [0, 0.05) is 31.0 Å². The molecule has 1 amide bonds. The summed E-state index contributed by atoms with van der Waals surface area (Å²) in [5.74, 6) is -0.0772. The molecule has 0 aliphatic carbocycles. The summed E-state index contributed by atoms with van der Waals surface area (Å²) in [7, 11) is 3.99. The molecule has 21 heavy (non-hydrogen) atoms. The SMILES string of the molecule is Cc1ccc(NC(=O)c2ccc(N(C)C)c(C)c2)cc1C. The van der Waals surface area contributed by atoms with E-state index in [1.165, 1.54) is 11.1 Å². The zero-order chi connectivity index (χ0) is 15.6. The summed E-state index contributed by atoms with van der Waals surface area (Å²) in [6.45, 7) is 6.12. The van der Waals surface area contributed by atoms with Crippen molar-refractivity contribution in [3.05, 3.63) is 58.7 Å². The zero-order valence-electron chi connectivity index (χ0n) is 13.3. The maximum Gasteiger partial charge on any atom is 0.255 e. The van der Waals surface area contributed by atoms with E-state index in [2.05, 4.69) is 12.2 Å². The molecule has 2 aromatic carbocycles. The molecule has 3 heteroatoms. The number of benzene rings is 2. The van der Waals surface area contributed by atoms with Crippen LogP contribution in [0.2, 0.25) is 0 Å². The van der Waals surface area contributed by atoms with Gasteiger partial charge in [-0.15, -0.1) is 0 Å². The first-order valence-corrected chi connectivity index (χ1v) is 7.05. The molecule has 0 aliphatic heterocycles. The fraction of sp³-hybridized carbons (Fsp3) is 0.278. The third kappa shape index (κ3) is 3.43. The van der Waals surface area contributed by atoms with Gasteiger partial charge in [0.1, 0.15) is 0 Å². The van der Waals surface area contributed by atoms with Crippen molar-refractivity contribution < 1.29 is 4.79 Å². The Labute approximate surface area is 126 Å². The number of anilines is 2. The lowest BCUT2D eigenvalue weighted by Gasteiger charge is -2.16. The van der Waals surface area contributed by atoms with Gasteiger partial charge in [-0.1, -0.05) is 6.07 Å². The molecule has 0 saturated carbocycles. The Morgan fingerprint density at radius 2 is 1.62 bits per heavy atom. The number of carbonyl (C=O) groups excluding carboxylic acids is 1. The lowest BCUT2D eigenvalue weighted by molar-refractivity contribution is 0.102. The van der Waals surface area contributed by atoms with Gasteiger partial charge in [-0.25, -0.2) is 0 Å². The molecular formula is C18H22N2O. The van der Waals surface area contributed by atoms with Crippen molar-refractivity contribution in [3.63, 3.8) is 0 Å². The Bertz CT molecular complexity index is 675. The standard InChI is InChI=1S/C18H22N2O/c1-12-6-8-16(11-13(12)2)19-18(21)15-7-9-17(20(4)5)14(3)10-15/h6-11H,1-5H3,(H,19,21). The Balaban J connectivity index is 2.20. The largest absolute Gasteiger partial charge is 0.377 e. The van der Waals surface area contributed by atoms with Crippen LogP contribution in [0.25, 0.3) is 0 Å². The second kappa shape index (κ2) is 6.00. The summed E-state index contributed by atoms with van der Waals surface area (Å²) in [5, 5.41) is 2.95. The second-order valence-corrected chi connectivity index (χ2v) is 5.65. The molecule has 0 spiro atoms. The van der Waals surface area contributed by atoms with Crippen molar-refractivity contribution >= 4 is 17.3 Å². The molecule has 0 saturated heterocycles. The third-order valence-corrected chi connectivity index (χ3v) is 3.71. The van der Waals surface area contributed by atoms with Crippen molar-refractivity contribution in [2.75, 3.05) is 24.3 Å². The van der Waals surface area contributed by atoms with Crippen LogP contribution in [-0.2, 0) is 0 Å². The number of rotatable bonds is 3. The van der Waals surface area contributed by atoms with Crippen LogP contribution in [0.1, 0.15) is 27.0 Å². The fourth-order valence-electron chi connectivity index (χ4n) is 2.32. The number of hydrogen-bond acceptors (Lipinski definition) is 2. The summed E-state index contributed by atoms with van der Waals surface area (Å²) in [5.41, 5.74) is 6.12. The summed E-state index contributed by atoms with van der Waals surface area (Å²) in [6, 6.07) is 11.7. The Morgan fingerprint density at radius 3 is 2.19 bits per heavy atom. The predicted octanol–water partition coefficient (Wildman–Crippen LogP) is 3.93. The van der Waals surface area contributed by atoms with Crippen molar-refractivity contribution in [2.24, 2.45) is 0 Å². The topological polar surface area (TPSA) is 32.3 Å². The lowest BCUT2D eigenvalue weighted by atomic mass is 10.1. The van der Waals surface area contributed by atoms with E-state index in [0.29, 0.717) is 5.56 Å². The van der Waals surface area contributed by atoms with Gasteiger partial charge in [0.2, 0.25) is 0 Å². The number of nitrogens with zero attached hydrogens (tertiary/aromatic N) is 1. The number of carbonyl (C=O) groups is 1. The van der Waals surface area contributed by atoms with E-state index in [9.17, 15) is 4.79 Å². The van der Waals surface area contributed by atoms with Crippen molar-refractivity contribution in [2.45, 2.75) is 20.8 Å². The van der Waals surface area contributed by atoms with E-state index in [0.717, 1.165) is 16.9 Å². The number of hydrogen-bond donors (Lipinski definition) is 1. The first-order valence-electron chi connectivity index (χ1n) is 7.05. The van der Waals surface area contributed by atoms with E-state index in [1.54, 1.807) is 0 Å². The predicted molar refractivity (Wildman–Crippen MR) is 89.4 cm³/mol. The van der Waals surface area contributed by atoms with Crippen LogP contribution in [0.5, 0.6) is 0 Å². The lowest BCUT2D eigenvalue weighted by Crippen LogP contribution is -2.14. The molecule has 0 radical (unpaired) electrons. The third-order valence-electron chi connectivity index (χ3n) is 3.71. The molecule has 0 aromatic heterocycles. The minimum absolute atomic E-state index is 0.0772. The van der Waals surface area contributed by atoms with Crippen LogP contribution in [0, 0.1) is 20.8 Å².